The molecule has 0 aromatic rings. The Morgan fingerprint density at radius 3 is 1.27 bits per heavy atom. The van der Waals surface area contributed by atoms with Crippen molar-refractivity contribution in [2.45, 2.75) is 18.3 Å². The zero-order valence-electron chi connectivity index (χ0n) is 5.88. The lowest BCUT2D eigenvalue weighted by Crippen LogP contribution is -2.41. The summed E-state index contributed by atoms with van der Waals surface area (Å²) in [5.41, 5.74) is 0. The average Bonchev–Trinajstić information content (AvgIpc) is 2.00. The molecule has 6 nitrogen and oxygen atoms in total. The van der Waals surface area contributed by atoms with E-state index in [0.717, 1.165) is 0 Å². The van der Waals surface area contributed by atoms with Crippen LogP contribution in [0.4, 0.5) is 0 Å². The van der Waals surface area contributed by atoms with E-state index in [9.17, 15) is 0 Å². The third-order valence-corrected chi connectivity index (χ3v) is 1.16. The van der Waals surface area contributed by atoms with Gasteiger partial charge in [0.15, 0.2) is 0 Å². The molecule has 0 saturated heterocycles. The maximum atomic E-state index is 8.77. The molecule has 0 amide bonds. The fourth-order valence-corrected chi connectivity index (χ4v) is 0.472. The Labute approximate surface area is 63.7 Å². The highest BCUT2D eigenvalue weighted by Crippen LogP contribution is 1.97. The fourth-order valence-electron chi connectivity index (χ4n) is 0.472. The molecule has 0 aliphatic heterocycles. The van der Waals surface area contributed by atoms with Crippen molar-refractivity contribution in [3.05, 3.63) is 0 Å². The average molecular weight is 170 g/mol. The first kappa shape index (κ1) is 13.4. The summed E-state index contributed by atoms with van der Waals surface area (Å²) in [5.74, 6) is 0. The predicted octanol–water partition coefficient (Wildman–Crippen LogP) is -3.77. The zero-order valence-corrected chi connectivity index (χ0v) is 5.88. The molecule has 7 N–H and O–H groups in total. The molecule has 0 saturated carbocycles. The Bertz CT molecular complexity index is 77.0. The van der Waals surface area contributed by atoms with E-state index < -0.39 is 31.5 Å². The van der Waals surface area contributed by atoms with Gasteiger partial charge < -0.3 is 31.0 Å². The molecule has 0 aromatic heterocycles. The van der Waals surface area contributed by atoms with Crippen LogP contribution in [0.2, 0.25) is 0 Å². The standard InChI is InChI=1S/C5H12O5.H2O/c6-1-3(8)5(10)4(9)2-7;/h3-10H,1-2H2;1H2/t3-,4+,5+;. The summed E-state index contributed by atoms with van der Waals surface area (Å²) >= 11 is 0. The largest absolute Gasteiger partial charge is 0.412 e. The molecule has 11 heavy (non-hydrogen) atoms. The minimum Gasteiger partial charge on any atom is -0.412 e. The lowest BCUT2D eigenvalue weighted by Gasteiger charge is -2.19. The van der Waals surface area contributed by atoms with E-state index in [1.165, 1.54) is 0 Å². The van der Waals surface area contributed by atoms with E-state index in [1.54, 1.807) is 0 Å². The first-order valence-electron chi connectivity index (χ1n) is 2.89. The van der Waals surface area contributed by atoms with Crippen molar-refractivity contribution in [1.82, 2.24) is 0 Å². The maximum absolute atomic E-state index is 8.77. The molecule has 0 spiro atoms. The van der Waals surface area contributed by atoms with Gasteiger partial charge in [0.2, 0.25) is 0 Å². The van der Waals surface area contributed by atoms with Crippen molar-refractivity contribution in [1.29, 1.82) is 0 Å². The quantitative estimate of drug-likeness (QED) is 0.295. The van der Waals surface area contributed by atoms with Crippen LogP contribution in [0.15, 0.2) is 0 Å². The van der Waals surface area contributed by atoms with Crippen LogP contribution in [-0.4, -0.2) is 62.5 Å². The second-order valence-electron chi connectivity index (χ2n) is 1.99. The second kappa shape index (κ2) is 6.47. The monoisotopic (exact) mass is 170 g/mol. The van der Waals surface area contributed by atoms with Crippen LogP contribution in [0.25, 0.3) is 0 Å². The van der Waals surface area contributed by atoms with Gasteiger partial charge >= 0.3 is 0 Å². The van der Waals surface area contributed by atoms with E-state index in [-0.39, 0.29) is 5.48 Å². The van der Waals surface area contributed by atoms with E-state index >= 15 is 0 Å². The molecule has 0 aliphatic rings. The number of aliphatic hydroxyl groups is 5. The second-order valence-corrected chi connectivity index (χ2v) is 1.99. The van der Waals surface area contributed by atoms with Crippen LogP contribution in [0.5, 0.6) is 0 Å². The van der Waals surface area contributed by atoms with Crippen LogP contribution < -0.4 is 0 Å². The molecular weight excluding hydrogens is 156 g/mol. The first-order chi connectivity index (χ1) is 4.63. The molecular formula is C5H14O6. The molecule has 0 bridgehead atoms. The molecule has 6 heteroatoms. The molecule has 0 aliphatic carbocycles. The van der Waals surface area contributed by atoms with Gasteiger partial charge in [-0.25, -0.2) is 0 Å². The highest BCUT2D eigenvalue weighted by Gasteiger charge is 2.22. The number of hydrogen-bond acceptors (Lipinski definition) is 5. The molecule has 0 unspecified atom stereocenters. The van der Waals surface area contributed by atoms with Gasteiger partial charge in [-0.05, 0) is 0 Å². The minimum absolute atomic E-state index is 0. The number of aliphatic hydroxyl groups excluding tert-OH is 5. The van der Waals surface area contributed by atoms with Crippen molar-refractivity contribution in [3.8, 4) is 0 Å². The highest BCUT2D eigenvalue weighted by molar-refractivity contribution is 4.73. The van der Waals surface area contributed by atoms with Gasteiger partial charge in [-0.1, -0.05) is 0 Å². The van der Waals surface area contributed by atoms with E-state index in [0.29, 0.717) is 0 Å². The Morgan fingerprint density at radius 2 is 1.09 bits per heavy atom. The summed E-state index contributed by atoms with van der Waals surface area (Å²) in [7, 11) is 0. The topological polar surface area (TPSA) is 133 Å². The SMILES string of the molecule is O.OC[C@@H](O)[C@H](O)[C@@H](O)CO. The van der Waals surface area contributed by atoms with Crippen molar-refractivity contribution in [2.24, 2.45) is 0 Å². The zero-order chi connectivity index (χ0) is 8.15. The third-order valence-electron chi connectivity index (χ3n) is 1.16. The molecule has 0 rings (SSSR count). The summed E-state index contributed by atoms with van der Waals surface area (Å²) in [6.45, 7) is -1.28. The summed E-state index contributed by atoms with van der Waals surface area (Å²) < 4.78 is 0. The van der Waals surface area contributed by atoms with Crippen LogP contribution in [0.1, 0.15) is 0 Å². The van der Waals surface area contributed by atoms with Gasteiger partial charge in [0.1, 0.15) is 18.3 Å². The van der Waals surface area contributed by atoms with E-state index in [4.69, 9.17) is 25.5 Å². The molecule has 70 valence electrons. The van der Waals surface area contributed by atoms with Crippen molar-refractivity contribution < 1.29 is 31.0 Å². The predicted molar refractivity (Wildman–Crippen MR) is 35.8 cm³/mol. The Kier molecular flexibility index (Phi) is 7.85. The summed E-state index contributed by atoms with van der Waals surface area (Å²) in [6.07, 6.45) is -4.29. The molecule has 0 aromatic carbocycles. The fraction of sp³-hybridized carbons (Fsp3) is 1.00. The third kappa shape index (κ3) is 4.25. The number of rotatable bonds is 4. The summed E-state index contributed by atoms with van der Waals surface area (Å²) in [5, 5.41) is 42.6. The summed E-state index contributed by atoms with van der Waals surface area (Å²) in [6, 6.07) is 0. The Balaban J connectivity index is 0. The van der Waals surface area contributed by atoms with Gasteiger partial charge in [-0.3, -0.25) is 0 Å². The number of hydrogen-bond donors (Lipinski definition) is 5. The van der Waals surface area contributed by atoms with Gasteiger partial charge in [-0.2, -0.15) is 0 Å². The van der Waals surface area contributed by atoms with Crippen molar-refractivity contribution in [2.75, 3.05) is 13.2 Å². The van der Waals surface area contributed by atoms with Crippen molar-refractivity contribution in [3.63, 3.8) is 0 Å². The molecule has 3 atom stereocenters. The van der Waals surface area contributed by atoms with Gasteiger partial charge in [0.25, 0.3) is 0 Å². The summed E-state index contributed by atoms with van der Waals surface area (Å²) in [4.78, 5) is 0. The van der Waals surface area contributed by atoms with Crippen LogP contribution in [0, 0.1) is 0 Å². The normalized spacial score (nSPS) is 18.3. The van der Waals surface area contributed by atoms with Crippen molar-refractivity contribution >= 4 is 0 Å². The first-order valence-corrected chi connectivity index (χ1v) is 2.89. The highest BCUT2D eigenvalue weighted by atomic mass is 16.4. The Morgan fingerprint density at radius 1 is 0.818 bits per heavy atom. The van der Waals surface area contributed by atoms with Gasteiger partial charge in [-0.15, -0.1) is 0 Å². The Hall–Kier alpha value is -0.240. The lowest BCUT2D eigenvalue weighted by molar-refractivity contribution is -0.0900. The van der Waals surface area contributed by atoms with Crippen LogP contribution >= 0.6 is 0 Å². The smallest absolute Gasteiger partial charge is 0.110 e. The molecule has 0 radical (unpaired) electrons. The van der Waals surface area contributed by atoms with Crippen LogP contribution in [-0.2, 0) is 0 Å². The van der Waals surface area contributed by atoms with E-state index in [2.05, 4.69) is 0 Å². The maximum Gasteiger partial charge on any atom is 0.110 e. The van der Waals surface area contributed by atoms with Crippen LogP contribution in [0.3, 0.4) is 0 Å². The molecule has 0 heterocycles. The van der Waals surface area contributed by atoms with E-state index in [1.807, 2.05) is 0 Å². The minimum atomic E-state index is -1.49. The van der Waals surface area contributed by atoms with Gasteiger partial charge in [0, 0.05) is 0 Å². The molecule has 0 fully saturated rings. The lowest BCUT2D eigenvalue weighted by atomic mass is 10.1. The van der Waals surface area contributed by atoms with Gasteiger partial charge in [0.05, 0.1) is 13.2 Å².